The van der Waals surface area contributed by atoms with E-state index in [-0.39, 0.29) is 0 Å². The number of aromatic nitrogens is 1. The van der Waals surface area contributed by atoms with Gasteiger partial charge in [0.2, 0.25) is 0 Å². The second kappa shape index (κ2) is 5.49. The van der Waals surface area contributed by atoms with Crippen molar-refractivity contribution in [1.82, 2.24) is 4.98 Å². The van der Waals surface area contributed by atoms with Crippen LogP contribution in [0.1, 0.15) is 37.6 Å². The van der Waals surface area contributed by atoms with Crippen molar-refractivity contribution in [2.45, 2.75) is 33.2 Å². The van der Waals surface area contributed by atoms with Gasteiger partial charge in [0, 0.05) is 18.8 Å². The molecule has 0 radical (unpaired) electrons. The Kier molecular flexibility index (Phi) is 4.28. The topological polar surface area (TPSA) is 33.2 Å². The molecule has 3 nitrogen and oxygen atoms in total. The lowest BCUT2D eigenvalue weighted by molar-refractivity contribution is 0.112. The van der Waals surface area contributed by atoms with E-state index >= 15 is 0 Å². The standard InChI is InChI=1S/C12H18N2O/c1-4-8-14(10(2)3)12-11(9-15)6-5-7-13-12/h5-7,9-10H,4,8H2,1-3H3. The molecule has 15 heavy (non-hydrogen) atoms. The highest BCUT2D eigenvalue weighted by Crippen LogP contribution is 2.18. The van der Waals surface area contributed by atoms with Crippen LogP contribution in [-0.2, 0) is 0 Å². The van der Waals surface area contributed by atoms with Crippen LogP contribution in [0.3, 0.4) is 0 Å². The minimum atomic E-state index is 0.360. The molecule has 0 aliphatic carbocycles. The zero-order valence-corrected chi connectivity index (χ0v) is 9.60. The van der Waals surface area contributed by atoms with E-state index in [9.17, 15) is 4.79 Å². The van der Waals surface area contributed by atoms with Crippen LogP contribution in [0.2, 0.25) is 0 Å². The lowest BCUT2D eigenvalue weighted by atomic mass is 10.2. The number of nitrogens with zero attached hydrogens (tertiary/aromatic N) is 2. The smallest absolute Gasteiger partial charge is 0.153 e. The summed E-state index contributed by atoms with van der Waals surface area (Å²) < 4.78 is 0. The lowest BCUT2D eigenvalue weighted by Crippen LogP contribution is -2.33. The van der Waals surface area contributed by atoms with Crippen LogP contribution in [0.25, 0.3) is 0 Å². The average Bonchev–Trinajstić information content (AvgIpc) is 2.25. The molecule has 82 valence electrons. The first kappa shape index (κ1) is 11.7. The first-order valence-corrected chi connectivity index (χ1v) is 5.37. The predicted molar refractivity (Wildman–Crippen MR) is 62.4 cm³/mol. The third kappa shape index (κ3) is 2.78. The van der Waals surface area contributed by atoms with Crippen LogP contribution in [0.15, 0.2) is 18.3 Å². The molecule has 1 rings (SSSR count). The molecule has 0 spiro atoms. The molecule has 0 bridgehead atoms. The minimum absolute atomic E-state index is 0.360. The number of hydrogen-bond acceptors (Lipinski definition) is 3. The van der Waals surface area contributed by atoms with E-state index < -0.39 is 0 Å². The van der Waals surface area contributed by atoms with Gasteiger partial charge < -0.3 is 4.90 Å². The van der Waals surface area contributed by atoms with Crippen LogP contribution in [0.4, 0.5) is 5.82 Å². The van der Waals surface area contributed by atoms with Gasteiger partial charge in [0.25, 0.3) is 0 Å². The number of carbonyl (C=O) groups excluding carboxylic acids is 1. The van der Waals surface area contributed by atoms with Gasteiger partial charge in [-0.1, -0.05) is 6.92 Å². The van der Waals surface area contributed by atoms with Gasteiger partial charge in [-0.3, -0.25) is 4.79 Å². The summed E-state index contributed by atoms with van der Waals surface area (Å²) in [6.07, 6.45) is 3.65. The van der Waals surface area contributed by atoms with Gasteiger partial charge in [-0.25, -0.2) is 4.98 Å². The van der Waals surface area contributed by atoms with Gasteiger partial charge in [-0.15, -0.1) is 0 Å². The van der Waals surface area contributed by atoms with Crippen LogP contribution in [-0.4, -0.2) is 23.9 Å². The van der Waals surface area contributed by atoms with Crippen LogP contribution < -0.4 is 4.90 Å². The van der Waals surface area contributed by atoms with Crippen molar-refractivity contribution in [1.29, 1.82) is 0 Å². The Morgan fingerprint density at radius 2 is 2.27 bits per heavy atom. The second-order valence-electron chi connectivity index (χ2n) is 3.82. The van der Waals surface area contributed by atoms with Crippen LogP contribution in [0.5, 0.6) is 0 Å². The SMILES string of the molecule is CCCN(c1ncccc1C=O)C(C)C. The van der Waals surface area contributed by atoms with E-state index in [2.05, 4.69) is 30.7 Å². The summed E-state index contributed by atoms with van der Waals surface area (Å²) in [5.41, 5.74) is 0.666. The molecule has 1 aromatic rings. The molecular weight excluding hydrogens is 188 g/mol. The Hall–Kier alpha value is -1.38. The van der Waals surface area contributed by atoms with Crippen molar-refractivity contribution in [2.24, 2.45) is 0 Å². The Balaban J connectivity index is 3.04. The summed E-state index contributed by atoms with van der Waals surface area (Å²) in [5.74, 6) is 0.796. The highest BCUT2D eigenvalue weighted by Gasteiger charge is 2.13. The molecule has 0 saturated carbocycles. The van der Waals surface area contributed by atoms with Crippen molar-refractivity contribution in [2.75, 3.05) is 11.4 Å². The molecule has 0 amide bonds. The van der Waals surface area contributed by atoms with Gasteiger partial charge in [-0.05, 0) is 32.4 Å². The predicted octanol–water partition coefficient (Wildman–Crippen LogP) is 2.52. The Morgan fingerprint density at radius 3 is 2.80 bits per heavy atom. The minimum Gasteiger partial charge on any atom is -0.354 e. The van der Waals surface area contributed by atoms with Crippen LogP contribution in [0, 0.1) is 0 Å². The largest absolute Gasteiger partial charge is 0.354 e. The maximum absolute atomic E-state index is 10.9. The first-order valence-electron chi connectivity index (χ1n) is 5.37. The van der Waals surface area contributed by atoms with Crippen molar-refractivity contribution >= 4 is 12.1 Å². The van der Waals surface area contributed by atoms with Gasteiger partial charge in [0.1, 0.15) is 5.82 Å². The fourth-order valence-corrected chi connectivity index (χ4v) is 1.59. The van der Waals surface area contributed by atoms with Crippen molar-refractivity contribution in [3.8, 4) is 0 Å². The number of aldehydes is 1. The summed E-state index contributed by atoms with van der Waals surface area (Å²) in [4.78, 5) is 17.3. The monoisotopic (exact) mass is 206 g/mol. The number of pyridine rings is 1. The third-order valence-corrected chi connectivity index (χ3v) is 2.30. The third-order valence-electron chi connectivity index (χ3n) is 2.30. The zero-order valence-electron chi connectivity index (χ0n) is 9.60. The molecule has 0 unspecified atom stereocenters. The lowest BCUT2D eigenvalue weighted by Gasteiger charge is -2.28. The summed E-state index contributed by atoms with van der Waals surface area (Å²) in [5, 5.41) is 0. The van der Waals surface area contributed by atoms with E-state index in [1.165, 1.54) is 0 Å². The molecule has 3 heteroatoms. The van der Waals surface area contributed by atoms with Crippen LogP contribution >= 0.6 is 0 Å². The summed E-state index contributed by atoms with van der Waals surface area (Å²) in [6, 6.07) is 3.96. The molecule has 0 N–H and O–H groups in total. The van der Waals surface area contributed by atoms with Gasteiger partial charge in [0.15, 0.2) is 6.29 Å². The van der Waals surface area contributed by atoms with E-state index in [0.29, 0.717) is 11.6 Å². The fraction of sp³-hybridized carbons (Fsp3) is 0.500. The van der Waals surface area contributed by atoms with Crippen molar-refractivity contribution in [3.05, 3.63) is 23.9 Å². The average molecular weight is 206 g/mol. The number of hydrogen-bond donors (Lipinski definition) is 0. The molecule has 0 atom stereocenters. The van der Waals surface area contributed by atoms with Crippen molar-refractivity contribution in [3.63, 3.8) is 0 Å². The second-order valence-corrected chi connectivity index (χ2v) is 3.82. The Bertz CT molecular complexity index is 323. The fourth-order valence-electron chi connectivity index (χ4n) is 1.59. The van der Waals surface area contributed by atoms with E-state index in [1.54, 1.807) is 18.3 Å². The highest BCUT2D eigenvalue weighted by atomic mass is 16.1. The highest BCUT2D eigenvalue weighted by molar-refractivity contribution is 5.82. The maximum Gasteiger partial charge on any atom is 0.153 e. The normalized spacial score (nSPS) is 10.4. The summed E-state index contributed by atoms with van der Waals surface area (Å²) >= 11 is 0. The van der Waals surface area contributed by atoms with Gasteiger partial charge in [-0.2, -0.15) is 0 Å². The molecular formula is C12H18N2O. The quantitative estimate of drug-likeness (QED) is 0.694. The van der Waals surface area contributed by atoms with E-state index in [4.69, 9.17) is 0 Å². The summed E-state index contributed by atoms with van der Waals surface area (Å²) in [6.45, 7) is 7.27. The summed E-state index contributed by atoms with van der Waals surface area (Å²) in [7, 11) is 0. The maximum atomic E-state index is 10.9. The van der Waals surface area contributed by atoms with E-state index in [0.717, 1.165) is 25.1 Å². The molecule has 0 aliphatic rings. The van der Waals surface area contributed by atoms with Gasteiger partial charge >= 0.3 is 0 Å². The molecule has 1 heterocycles. The number of rotatable bonds is 5. The zero-order chi connectivity index (χ0) is 11.3. The molecule has 1 aromatic heterocycles. The van der Waals surface area contributed by atoms with E-state index in [1.807, 2.05) is 0 Å². The number of anilines is 1. The molecule has 0 saturated heterocycles. The molecule has 0 aliphatic heterocycles. The van der Waals surface area contributed by atoms with Crippen molar-refractivity contribution < 1.29 is 4.79 Å². The first-order chi connectivity index (χ1) is 7.20. The number of carbonyl (C=O) groups is 1. The molecule has 0 aromatic carbocycles. The Labute approximate surface area is 91.1 Å². The molecule has 0 fully saturated rings. The Morgan fingerprint density at radius 1 is 1.53 bits per heavy atom. The van der Waals surface area contributed by atoms with Gasteiger partial charge in [0.05, 0.1) is 5.56 Å².